The minimum Gasteiger partial charge on any atom is -0.496 e. The van der Waals surface area contributed by atoms with Gasteiger partial charge in [-0.3, -0.25) is 4.79 Å². The summed E-state index contributed by atoms with van der Waals surface area (Å²) in [4.78, 5) is 16.5. The van der Waals surface area contributed by atoms with Crippen molar-refractivity contribution in [3.8, 4) is 5.75 Å². The normalized spacial score (nSPS) is 16.4. The molecule has 0 saturated heterocycles. The number of methoxy groups -OCH3 is 1. The van der Waals surface area contributed by atoms with Crippen LogP contribution in [-0.2, 0) is 4.79 Å². The van der Waals surface area contributed by atoms with Gasteiger partial charge < -0.3 is 10.1 Å². The van der Waals surface area contributed by atoms with E-state index >= 15 is 0 Å². The second-order valence-electron chi connectivity index (χ2n) is 6.30. The number of ether oxygens (including phenoxy) is 1. The minimum absolute atomic E-state index is 0.146. The summed E-state index contributed by atoms with van der Waals surface area (Å²) in [6, 6.07) is 6.04. The second kappa shape index (κ2) is 6.77. The van der Waals surface area contributed by atoms with Crippen molar-refractivity contribution >= 4 is 17.8 Å². The standard InChI is InChI=1S/C18H24N2O2/c1-11(2)8-17-19-15(18(21)20-17)10-14-9-13(12(3)4)6-7-16(14)22-5/h6-7,9-12H,8H2,1-5H3,(H,19,20,21)/b15-10-. The molecule has 1 heterocycles. The molecule has 2 rings (SSSR count). The Kier molecular flexibility index (Phi) is 5.01. The van der Waals surface area contributed by atoms with Crippen LogP contribution in [0.2, 0.25) is 0 Å². The summed E-state index contributed by atoms with van der Waals surface area (Å²) in [5.41, 5.74) is 2.53. The molecule has 4 heteroatoms. The zero-order chi connectivity index (χ0) is 16.3. The molecule has 0 aliphatic carbocycles. The summed E-state index contributed by atoms with van der Waals surface area (Å²) in [6.45, 7) is 8.48. The fraction of sp³-hybridized carbons (Fsp3) is 0.444. The lowest BCUT2D eigenvalue weighted by molar-refractivity contribution is -0.115. The lowest BCUT2D eigenvalue weighted by Gasteiger charge is -2.10. The molecule has 22 heavy (non-hydrogen) atoms. The molecule has 0 radical (unpaired) electrons. The van der Waals surface area contributed by atoms with E-state index in [9.17, 15) is 4.79 Å². The molecule has 0 saturated carbocycles. The maximum absolute atomic E-state index is 12.1. The van der Waals surface area contributed by atoms with Gasteiger partial charge in [0.2, 0.25) is 0 Å². The van der Waals surface area contributed by atoms with Crippen LogP contribution < -0.4 is 10.1 Å². The Morgan fingerprint density at radius 1 is 1.27 bits per heavy atom. The van der Waals surface area contributed by atoms with Gasteiger partial charge in [0, 0.05) is 12.0 Å². The van der Waals surface area contributed by atoms with Crippen LogP contribution in [0.5, 0.6) is 5.75 Å². The average Bonchev–Trinajstić information content (AvgIpc) is 2.77. The Morgan fingerprint density at radius 2 is 2.00 bits per heavy atom. The number of nitrogens with one attached hydrogen (secondary N) is 1. The van der Waals surface area contributed by atoms with E-state index in [1.807, 2.05) is 12.1 Å². The van der Waals surface area contributed by atoms with Crippen molar-refractivity contribution in [1.82, 2.24) is 5.32 Å². The first-order valence-electron chi connectivity index (χ1n) is 7.69. The molecular formula is C18H24N2O2. The topological polar surface area (TPSA) is 50.7 Å². The maximum atomic E-state index is 12.1. The van der Waals surface area contributed by atoms with E-state index in [-0.39, 0.29) is 5.91 Å². The summed E-state index contributed by atoms with van der Waals surface area (Å²) < 4.78 is 5.39. The summed E-state index contributed by atoms with van der Waals surface area (Å²) >= 11 is 0. The van der Waals surface area contributed by atoms with Gasteiger partial charge in [-0.25, -0.2) is 4.99 Å². The van der Waals surface area contributed by atoms with Gasteiger partial charge in [0.15, 0.2) is 0 Å². The van der Waals surface area contributed by atoms with Crippen LogP contribution in [-0.4, -0.2) is 18.9 Å². The second-order valence-corrected chi connectivity index (χ2v) is 6.30. The molecule has 118 valence electrons. The van der Waals surface area contributed by atoms with E-state index in [0.29, 0.717) is 17.5 Å². The third-order valence-corrected chi connectivity index (χ3v) is 3.56. The zero-order valence-electron chi connectivity index (χ0n) is 13.9. The molecule has 0 aromatic heterocycles. The largest absolute Gasteiger partial charge is 0.496 e. The van der Waals surface area contributed by atoms with Crippen LogP contribution >= 0.6 is 0 Å². The third-order valence-electron chi connectivity index (χ3n) is 3.56. The SMILES string of the molecule is COc1ccc(C(C)C)cc1/C=C1\N=C(CC(C)C)NC1=O. The molecule has 1 aliphatic heterocycles. The lowest BCUT2D eigenvalue weighted by Crippen LogP contribution is -2.24. The van der Waals surface area contributed by atoms with Gasteiger partial charge in [0.25, 0.3) is 5.91 Å². The van der Waals surface area contributed by atoms with Gasteiger partial charge in [-0.2, -0.15) is 0 Å². The number of hydrogen-bond acceptors (Lipinski definition) is 3. The average molecular weight is 300 g/mol. The van der Waals surface area contributed by atoms with E-state index in [0.717, 1.165) is 23.6 Å². The molecule has 1 aliphatic rings. The first-order chi connectivity index (χ1) is 10.4. The molecule has 0 bridgehead atoms. The number of aliphatic imine (C=N–C) groups is 1. The van der Waals surface area contributed by atoms with Crippen molar-refractivity contribution in [1.29, 1.82) is 0 Å². The van der Waals surface area contributed by atoms with Gasteiger partial charge in [0.05, 0.1) is 7.11 Å². The van der Waals surface area contributed by atoms with Gasteiger partial charge in [0.1, 0.15) is 17.3 Å². The Hall–Kier alpha value is -2.10. The van der Waals surface area contributed by atoms with Crippen molar-refractivity contribution in [2.75, 3.05) is 7.11 Å². The van der Waals surface area contributed by atoms with Crippen LogP contribution in [0.15, 0.2) is 28.9 Å². The molecule has 0 unspecified atom stereocenters. The van der Waals surface area contributed by atoms with Crippen molar-refractivity contribution in [3.05, 3.63) is 35.0 Å². The van der Waals surface area contributed by atoms with Crippen molar-refractivity contribution < 1.29 is 9.53 Å². The van der Waals surface area contributed by atoms with Gasteiger partial charge in [-0.05, 0) is 35.6 Å². The minimum atomic E-state index is -0.146. The summed E-state index contributed by atoms with van der Waals surface area (Å²) in [5, 5.41) is 2.83. The molecule has 4 nitrogen and oxygen atoms in total. The number of carbonyl (C=O) groups is 1. The van der Waals surface area contributed by atoms with Gasteiger partial charge in [-0.15, -0.1) is 0 Å². The van der Waals surface area contributed by atoms with E-state index in [4.69, 9.17) is 4.74 Å². The first kappa shape index (κ1) is 16.3. The predicted molar refractivity (Wildman–Crippen MR) is 90.1 cm³/mol. The van der Waals surface area contributed by atoms with Crippen LogP contribution in [0.4, 0.5) is 0 Å². The summed E-state index contributed by atoms with van der Waals surface area (Å²) in [5.74, 6) is 2.22. The maximum Gasteiger partial charge on any atom is 0.275 e. The number of carbonyl (C=O) groups excluding carboxylic acids is 1. The molecule has 1 amide bonds. The molecular weight excluding hydrogens is 276 g/mol. The number of hydrogen-bond donors (Lipinski definition) is 1. The Morgan fingerprint density at radius 3 is 2.59 bits per heavy atom. The zero-order valence-corrected chi connectivity index (χ0v) is 13.9. The van der Waals surface area contributed by atoms with Gasteiger partial charge >= 0.3 is 0 Å². The smallest absolute Gasteiger partial charge is 0.275 e. The predicted octanol–water partition coefficient (Wildman–Crippen LogP) is 3.73. The molecule has 0 spiro atoms. The van der Waals surface area contributed by atoms with Gasteiger partial charge in [-0.1, -0.05) is 33.8 Å². The number of nitrogens with zero attached hydrogens (tertiary/aromatic N) is 1. The quantitative estimate of drug-likeness (QED) is 0.842. The Balaban J connectivity index is 2.37. The van der Waals surface area contributed by atoms with Crippen molar-refractivity contribution in [2.45, 2.75) is 40.0 Å². The molecule has 0 fully saturated rings. The van der Waals surface area contributed by atoms with Crippen molar-refractivity contribution in [2.24, 2.45) is 10.9 Å². The summed E-state index contributed by atoms with van der Waals surface area (Å²) in [6.07, 6.45) is 2.57. The van der Waals surface area contributed by atoms with E-state index in [1.54, 1.807) is 13.2 Å². The van der Waals surface area contributed by atoms with E-state index in [2.05, 4.69) is 44.1 Å². The van der Waals surface area contributed by atoms with Crippen LogP contribution in [0.25, 0.3) is 6.08 Å². The Bertz CT molecular complexity index is 628. The molecule has 1 N–H and O–H groups in total. The van der Waals surface area contributed by atoms with Crippen LogP contribution in [0, 0.1) is 5.92 Å². The number of amides is 1. The fourth-order valence-corrected chi connectivity index (χ4v) is 2.37. The van der Waals surface area contributed by atoms with Crippen LogP contribution in [0.3, 0.4) is 0 Å². The molecule has 0 atom stereocenters. The summed E-state index contributed by atoms with van der Waals surface area (Å²) in [7, 11) is 1.63. The highest BCUT2D eigenvalue weighted by Gasteiger charge is 2.21. The lowest BCUT2D eigenvalue weighted by atomic mass is 10.00. The first-order valence-corrected chi connectivity index (χ1v) is 7.69. The van der Waals surface area contributed by atoms with E-state index in [1.165, 1.54) is 5.56 Å². The fourth-order valence-electron chi connectivity index (χ4n) is 2.37. The number of rotatable bonds is 5. The monoisotopic (exact) mass is 300 g/mol. The highest BCUT2D eigenvalue weighted by molar-refractivity contribution is 6.14. The van der Waals surface area contributed by atoms with Crippen molar-refractivity contribution in [3.63, 3.8) is 0 Å². The number of amidine groups is 1. The van der Waals surface area contributed by atoms with E-state index < -0.39 is 0 Å². The molecule has 1 aromatic carbocycles. The number of benzene rings is 1. The van der Waals surface area contributed by atoms with Crippen LogP contribution in [0.1, 0.15) is 51.2 Å². The third kappa shape index (κ3) is 3.75. The highest BCUT2D eigenvalue weighted by atomic mass is 16.5. The molecule has 1 aromatic rings. The Labute approximate surface area is 132 Å². The highest BCUT2D eigenvalue weighted by Crippen LogP contribution is 2.27.